The highest BCUT2D eigenvalue weighted by molar-refractivity contribution is 7.16. The second-order valence-corrected chi connectivity index (χ2v) is 6.31. The molecule has 1 saturated carbocycles. The fraction of sp³-hybridized carbons (Fsp3) is 0.357. The summed E-state index contributed by atoms with van der Waals surface area (Å²) in [6.07, 6.45) is 4.31. The summed E-state index contributed by atoms with van der Waals surface area (Å²) >= 11 is 1.63. The summed E-state index contributed by atoms with van der Waals surface area (Å²) in [4.78, 5) is 0.912. The van der Waals surface area contributed by atoms with Gasteiger partial charge in [-0.05, 0) is 37.0 Å². The van der Waals surface area contributed by atoms with Gasteiger partial charge in [-0.1, -0.05) is 23.5 Å². The Morgan fingerprint density at radius 3 is 2.95 bits per heavy atom. The van der Waals surface area contributed by atoms with Gasteiger partial charge in [0.2, 0.25) is 4.96 Å². The van der Waals surface area contributed by atoms with E-state index in [0.717, 1.165) is 34.3 Å². The van der Waals surface area contributed by atoms with Crippen LogP contribution in [0.3, 0.4) is 0 Å². The van der Waals surface area contributed by atoms with E-state index >= 15 is 0 Å². The largest absolute Gasteiger partial charge is 0.399 e. The van der Waals surface area contributed by atoms with Gasteiger partial charge >= 0.3 is 0 Å². The maximum atomic E-state index is 5.80. The van der Waals surface area contributed by atoms with E-state index in [1.807, 2.05) is 22.7 Å². The molecule has 1 fully saturated rings. The number of nitrogens with two attached hydrogens (primary N) is 1. The second kappa shape index (κ2) is 4.56. The molecule has 102 valence electrons. The van der Waals surface area contributed by atoms with Gasteiger partial charge < -0.3 is 5.73 Å². The molecule has 0 bridgehead atoms. The maximum absolute atomic E-state index is 5.80. The Morgan fingerprint density at radius 2 is 2.15 bits per heavy atom. The highest BCUT2D eigenvalue weighted by Crippen LogP contribution is 2.39. The van der Waals surface area contributed by atoms with E-state index in [1.54, 1.807) is 11.3 Å². The fourth-order valence-electron chi connectivity index (χ4n) is 2.37. The lowest BCUT2D eigenvalue weighted by molar-refractivity contribution is 0.794. The molecule has 1 aromatic carbocycles. The molecule has 20 heavy (non-hydrogen) atoms. The minimum atomic E-state index is 0.578. The number of fused-ring (bicyclic) bond motifs is 1. The van der Waals surface area contributed by atoms with E-state index in [1.165, 1.54) is 18.4 Å². The standard InChI is InChI=1S/C14H15N5S/c15-11-3-1-2-9(8-11)4-7-12-18-19-13(10-5-6-10)16-17-14(19)20-12/h1-3,8,10H,4-7,15H2. The Hall–Kier alpha value is -1.95. The number of hydrogen-bond donors (Lipinski definition) is 1. The summed E-state index contributed by atoms with van der Waals surface area (Å²) in [6.45, 7) is 0. The molecule has 0 radical (unpaired) electrons. The molecule has 0 atom stereocenters. The van der Waals surface area contributed by atoms with Gasteiger partial charge in [0.25, 0.3) is 0 Å². The molecular weight excluding hydrogens is 270 g/mol. The number of hydrogen-bond acceptors (Lipinski definition) is 5. The third-order valence-corrected chi connectivity index (χ3v) is 4.54. The number of aromatic nitrogens is 4. The van der Waals surface area contributed by atoms with E-state index < -0.39 is 0 Å². The van der Waals surface area contributed by atoms with Crippen molar-refractivity contribution in [3.05, 3.63) is 40.7 Å². The summed E-state index contributed by atoms with van der Waals surface area (Å²) in [5, 5.41) is 14.2. The molecule has 2 heterocycles. The van der Waals surface area contributed by atoms with Crippen LogP contribution in [0.15, 0.2) is 24.3 Å². The van der Waals surface area contributed by atoms with Gasteiger partial charge in [0, 0.05) is 18.0 Å². The van der Waals surface area contributed by atoms with Crippen LogP contribution in [-0.4, -0.2) is 19.8 Å². The van der Waals surface area contributed by atoms with Crippen molar-refractivity contribution in [2.24, 2.45) is 0 Å². The minimum absolute atomic E-state index is 0.578. The number of nitrogen functional groups attached to an aromatic ring is 1. The predicted molar refractivity (Wildman–Crippen MR) is 78.9 cm³/mol. The van der Waals surface area contributed by atoms with Gasteiger partial charge in [-0.25, -0.2) is 0 Å². The van der Waals surface area contributed by atoms with Crippen molar-refractivity contribution >= 4 is 22.0 Å². The zero-order valence-corrected chi connectivity index (χ0v) is 11.8. The molecule has 5 nitrogen and oxygen atoms in total. The zero-order valence-electron chi connectivity index (χ0n) is 11.0. The SMILES string of the molecule is Nc1cccc(CCc2nn3c(C4CC4)nnc3s2)c1. The lowest BCUT2D eigenvalue weighted by atomic mass is 10.1. The van der Waals surface area contributed by atoms with Crippen molar-refractivity contribution < 1.29 is 0 Å². The van der Waals surface area contributed by atoms with Gasteiger partial charge in [-0.2, -0.15) is 9.61 Å². The number of benzene rings is 1. The third-order valence-electron chi connectivity index (χ3n) is 3.58. The number of rotatable bonds is 4. The Morgan fingerprint density at radius 1 is 1.25 bits per heavy atom. The second-order valence-electron chi connectivity index (χ2n) is 5.27. The Bertz CT molecular complexity index is 756. The van der Waals surface area contributed by atoms with E-state index in [9.17, 15) is 0 Å². The van der Waals surface area contributed by atoms with Gasteiger partial charge in [0.15, 0.2) is 5.82 Å². The van der Waals surface area contributed by atoms with Crippen LogP contribution in [0, 0.1) is 0 Å². The van der Waals surface area contributed by atoms with Crippen LogP contribution < -0.4 is 5.73 Å². The monoisotopic (exact) mass is 285 g/mol. The minimum Gasteiger partial charge on any atom is -0.399 e. The summed E-state index contributed by atoms with van der Waals surface area (Å²) in [6, 6.07) is 8.03. The van der Waals surface area contributed by atoms with Crippen molar-refractivity contribution in [1.82, 2.24) is 19.8 Å². The smallest absolute Gasteiger partial charge is 0.234 e. The molecule has 1 aliphatic rings. The van der Waals surface area contributed by atoms with Crippen LogP contribution in [0.4, 0.5) is 5.69 Å². The average molecular weight is 285 g/mol. The Balaban J connectivity index is 1.54. The molecule has 6 heteroatoms. The summed E-state index contributed by atoms with van der Waals surface area (Å²) in [5.74, 6) is 1.61. The molecule has 0 aliphatic heterocycles. The predicted octanol–water partition coefficient (Wildman–Crippen LogP) is 2.43. The van der Waals surface area contributed by atoms with Gasteiger partial charge in [0.1, 0.15) is 5.01 Å². The normalized spacial score (nSPS) is 15.0. The van der Waals surface area contributed by atoms with Gasteiger partial charge in [-0.15, -0.1) is 10.2 Å². The third kappa shape index (κ3) is 2.16. The molecule has 0 unspecified atom stereocenters. The van der Waals surface area contributed by atoms with E-state index in [0.29, 0.717) is 5.92 Å². The number of nitrogens with zero attached hydrogens (tertiary/aromatic N) is 4. The lowest BCUT2D eigenvalue weighted by Crippen LogP contribution is -1.97. The topological polar surface area (TPSA) is 69.1 Å². The molecular formula is C14H15N5S. The number of aryl methyl sites for hydroxylation is 2. The highest BCUT2D eigenvalue weighted by atomic mass is 32.1. The van der Waals surface area contributed by atoms with Crippen LogP contribution in [0.2, 0.25) is 0 Å². The maximum Gasteiger partial charge on any atom is 0.234 e. The van der Waals surface area contributed by atoms with Crippen LogP contribution in [0.1, 0.15) is 35.2 Å². The average Bonchev–Trinajstić information content (AvgIpc) is 3.07. The van der Waals surface area contributed by atoms with Gasteiger partial charge in [-0.3, -0.25) is 0 Å². The van der Waals surface area contributed by atoms with E-state index in [-0.39, 0.29) is 0 Å². The fourth-order valence-corrected chi connectivity index (χ4v) is 3.21. The number of anilines is 1. The Kier molecular flexibility index (Phi) is 2.70. The molecule has 1 aliphatic carbocycles. The molecule has 4 rings (SSSR count). The molecule has 3 aromatic rings. The highest BCUT2D eigenvalue weighted by Gasteiger charge is 2.29. The van der Waals surface area contributed by atoms with Crippen molar-refractivity contribution in [1.29, 1.82) is 0 Å². The van der Waals surface area contributed by atoms with Gasteiger partial charge in [0.05, 0.1) is 0 Å². The first-order chi connectivity index (χ1) is 9.79. The quantitative estimate of drug-likeness (QED) is 0.747. The van der Waals surface area contributed by atoms with Crippen molar-refractivity contribution in [2.75, 3.05) is 5.73 Å². The first-order valence-corrected chi connectivity index (χ1v) is 7.67. The van der Waals surface area contributed by atoms with Crippen molar-refractivity contribution in [3.63, 3.8) is 0 Å². The molecule has 2 N–H and O–H groups in total. The van der Waals surface area contributed by atoms with Crippen molar-refractivity contribution in [2.45, 2.75) is 31.6 Å². The molecule has 2 aromatic heterocycles. The summed E-state index contributed by atoms with van der Waals surface area (Å²) in [5.41, 5.74) is 7.86. The summed E-state index contributed by atoms with van der Waals surface area (Å²) < 4.78 is 1.93. The summed E-state index contributed by atoms with van der Waals surface area (Å²) in [7, 11) is 0. The zero-order chi connectivity index (χ0) is 13.5. The van der Waals surface area contributed by atoms with Crippen LogP contribution in [-0.2, 0) is 12.8 Å². The van der Waals surface area contributed by atoms with Crippen LogP contribution in [0.25, 0.3) is 4.96 Å². The molecule has 0 amide bonds. The van der Waals surface area contributed by atoms with E-state index in [2.05, 4.69) is 21.4 Å². The van der Waals surface area contributed by atoms with Crippen molar-refractivity contribution in [3.8, 4) is 0 Å². The molecule has 0 spiro atoms. The molecule has 0 saturated heterocycles. The lowest BCUT2D eigenvalue weighted by Gasteiger charge is -2.00. The first kappa shape index (κ1) is 11.8. The van der Waals surface area contributed by atoms with Crippen LogP contribution >= 0.6 is 11.3 Å². The van der Waals surface area contributed by atoms with Crippen LogP contribution in [0.5, 0.6) is 0 Å². The first-order valence-electron chi connectivity index (χ1n) is 6.85. The Labute approximate surface area is 120 Å². The van der Waals surface area contributed by atoms with E-state index in [4.69, 9.17) is 5.73 Å².